The van der Waals surface area contributed by atoms with Gasteiger partial charge in [0.1, 0.15) is 35.8 Å². The first-order valence-electron chi connectivity index (χ1n) is 11.9. The molecule has 1 atom stereocenters. The number of hydrogen-bond acceptors (Lipinski definition) is 6. The predicted molar refractivity (Wildman–Crippen MR) is 132 cm³/mol. The lowest BCUT2D eigenvalue weighted by molar-refractivity contribution is -0.153. The zero-order valence-electron chi connectivity index (χ0n) is 21.2. The molecule has 8 nitrogen and oxygen atoms in total. The van der Waals surface area contributed by atoms with Gasteiger partial charge in [0.25, 0.3) is 11.5 Å². The number of hydrogen-bond donors (Lipinski definition) is 2. The lowest BCUT2D eigenvalue weighted by Gasteiger charge is -2.30. The van der Waals surface area contributed by atoms with Crippen LogP contribution in [-0.2, 0) is 22.1 Å². The Morgan fingerprint density at radius 3 is 2.39 bits per heavy atom. The van der Waals surface area contributed by atoms with E-state index in [-0.39, 0.29) is 23.9 Å². The number of benzene rings is 2. The van der Waals surface area contributed by atoms with Crippen molar-refractivity contribution in [3.8, 4) is 11.5 Å². The van der Waals surface area contributed by atoms with E-state index < -0.39 is 58.7 Å². The molecular weight excluding hydrogens is 505 g/mol. The molecule has 202 valence electrons. The smallest absolute Gasteiger partial charge is 0.416 e. The Labute approximate surface area is 216 Å². The first-order valence-corrected chi connectivity index (χ1v) is 11.9. The Balaban J connectivity index is 1.75. The number of nitrogens with one attached hydrogen (secondary N) is 1. The molecule has 0 spiro atoms. The first kappa shape index (κ1) is 27.0. The normalized spacial score (nSPS) is 15.2. The number of esters is 1. The minimum absolute atomic E-state index is 0.00975. The van der Waals surface area contributed by atoms with Gasteiger partial charge in [0.2, 0.25) is 0 Å². The summed E-state index contributed by atoms with van der Waals surface area (Å²) in [7, 11) is 0. The summed E-state index contributed by atoms with van der Waals surface area (Å²) in [6, 6.07) is 7.20. The third kappa shape index (κ3) is 5.32. The second kappa shape index (κ2) is 9.70. The number of aromatic hydroxyl groups is 1. The Hall–Kier alpha value is -4.02. The first-order chi connectivity index (χ1) is 17.7. The molecule has 2 heterocycles. The predicted octanol–water partition coefficient (Wildman–Crippen LogP) is 4.28. The maximum atomic E-state index is 13.7. The van der Waals surface area contributed by atoms with Crippen molar-refractivity contribution in [3.63, 3.8) is 0 Å². The highest BCUT2D eigenvalue weighted by molar-refractivity contribution is 6.05. The van der Waals surface area contributed by atoms with Gasteiger partial charge in [0.15, 0.2) is 0 Å². The number of aromatic nitrogens is 1. The Morgan fingerprint density at radius 2 is 1.79 bits per heavy atom. The standard InChI is InChI=1S/C27H27F3N2O6/c1-14-5-10-18-22-20(14)23(34)21(24(35)31-12-19(33)38-26(2,3)4)25(36)32(22)17(13-37-18)11-15-6-8-16(9-7-15)27(28,29)30/h5-10,17,34H,11-13H2,1-4H3,(H,31,35). The number of carbonyl (C=O) groups excluding carboxylic acids is 2. The van der Waals surface area contributed by atoms with E-state index in [1.165, 1.54) is 16.7 Å². The highest BCUT2D eigenvalue weighted by atomic mass is 19.4. The van der Waals surface area contributed by atoms with Crippen LogP contribution in [0.1, 0.15) is 53.9 Å². The van der Waals surface area contributed by atoms with Crippen LogP contribution in [0.4, 0.5) is 13.2 Å². The number of carbonyl (C=O) groups is 2. The van der Waals surface area contributed by atoms with Crippen molar-refractivity contribution in [2.75, 3.05) is 13.2 Å². The van der Waals surface area contributed by atoms with Crippen molar-refractivity contribution in [1.82, 2.24) is 9.88 Å². The van der Waals surface area contributed by atoms with Gasteiger partial charge in [0.05, 0.1) is 17.1 Å². The molecule has 0 fully saturated rings. The van der Waals surface area contributed by atoms with Gasteiger partial charge in [-0.3, -0.25) is 19.0 Å². The molecule has 1 aliphatic heterocycles. The third-order valence-electron chi connectivity index (χ3n) is 6.09. The number of nitrogens with zero attached hydrogens (tertiary/aromatic N) is 1. The van der Waals surface area contributed by atoms with Crippen LogP contribution in [0.25, 0.3) is 10.9 Å². The fourth-order valence-corrected chi connectivity index (χ4v) is 4.46. The molecule has 11 heteroatoms. The molecule has 1 amide bonds. The molecular formula is C27H27F3N2O6. The molecule has 4 rings (SSSR count). The number of pyridine rings is 1. The quantitative estimate of drug-likeness (QED) is 0.475. The highest BCUT2D eigenvalue weighted by Crippen LogP contribution is 2.39. The monoisotopic (exact) mass is 532 g/mol. The van der Waals surface area contributed by atoms with Crippen molar-refractivity contribution < 1.29 is 37.3 Å². The molecule has 0 radical (unpaired) electrons. The zero-order chi connectivity index (χ0) is 28.0. The number of alkyl halides is 3. The molecule has 0 saturated carbocycles. The van der Waals surface area contributed by atoms with E-state index in [1.54, 1.807) is 39.8 Å². The van der Waals surface area contributed by atoms with Crippen LogP contribution >= 0.6 is 0 Å². The topological polar surface area (TPSA) is 107 Å². The number of rotatable bonds is 5. The molecule has 1 aromatic heterocycles. The van der Waals surface area contributed by atoms with E-state index in [2.05, 4.69) is 5.32 Å². The van der Waals surface area contributed by atoms with Crippen LogP contribution in [0.15, 0.2) is 41.2 Å². The maximum Gasteiger partial charge on any atom is 0.416 e. The highest BCUT2D eigenvalue weighted by Gasteiger charge is 2.33. The number of amides is 1. The molecule has 2 N–H and O–H groups in total. The van der Waals surface area contributed by atoms with Crippen LogP contribution in [0.5, 0.6) is 11.5 Å². The summed E-state index contributed by atoms with van der Waals surface area (Å²) in [5.41, 5.74) is -1.59. The van der Waals surface area contributed by atoms with Crippen molar-refractivity contribution >= 4 is 22.8 Å². The minimum atomic E-state index is -4.48. The molecule has 38 heavy (non-hydrogen) atoms. The van der Waals surface area contributed by atoms with Gasteiger partial charge in [-0.15, -0.1) is 0 Å². The Morgan fingerprint density at radius 1 is 1.13 bits per heavy atom. The van der Waals surface area contributed by atoms with E-state index in [9.17, 15) is 32.7 Å². The Kier molecular flexibility index (Phi) is 6.90. The SMILES string of the molecule is Cc1ccc2c3c1c(O)c(C(=O)NCC(=O)OC(C)(C)C)c(=O)n3C(Cc1ccc(C(F)(F)F)cc1)CO2. The van der Waals surface area contributed by atoms with Gasteiger partial charge in [-0.1, -0.05) is 18.2 Å². The second-order valence-corrected chi connectivity index (χ2v) is 10.1. The van der Waals surface area contributed by atoms with Crippen LogP contribution in [0.2, 0.25) is 0 Å². The van der Waals surface area contributed by atoms with Gasteiger partial charge in [0, 0.05) is 5.39 Å². The van der Waals surface area contributed by atoms with Gasteiger partial charge in [-0.05, 0) is 63.4 Å². The van der Waals surface area contributed by atoms with Crippen molar-refractivity contribution in [2.45, 2.75) is 51.9 Å². The number of halogens is 3. The van der Waals surface area contributed by atoms with E-state index >= 15 is 0 Å². The number of aryl methyl sites for hydroxylation is 1. The average Bonchev–Trinajstić information content (AvgIpc) is 2.80. The summed E-state index contributed by atoms with van der Waals surface area (Å²) < 4.78 is 51.3. The van der Waals surface area contributed by atoms with E-state index in [0.29, 0.717) is 16.9 Å². The van der Waals surface area contributed by atoms with Crippen LogP contribution in [0, 0.1) is 6.92 Å². The summed E-state index contributed by atoms with van der Waals surface area (Å²) in [6.45, 7) is 6.17. The molecule has 0 bridgehead atoms. The van der Waals surface area contributed by atoms with Crippen molar-refractivity contribution in [3.05, 3.63) is 69.0 Å². The maximum absolute atomic E-state index is 13.7. The summed E-state index contributed by atoms with van der Waals surface area (Å²) in [6.07, 6.45) is -4.35. The van der Waals surface area contributed by atoms with Crippen LogP contribution < -0.4 is 15.6 Å². The summed E-state index contributed by atoms with van der Waals surface area (Å²) >= 11 is 0. The van der Waals surface area contributed by atoms with E-state index in [0.717, 1.165) is 12.1 Å². The average molecular weight is 533 g/mol. The van der Waals surface area contributed by atoms with Crippen molar-refractivity contribution in [2.24, 2.45) is 0 Å². The second-order valence-electron chi connectivity index (χ2n) is 10.1. The fraction of sp³-hybridized carbons (Fsp3) is 0.370. The molecule has 3 aromatic rings. The van der Waals surface area contributed by atoms with Gasteiger partial charge in [-0.2, -0.15) is 13.2 Å². The molecule has 2 aromatic carbocycles. The van der Waals surface area contributed by atoms with E-state index in [4.69, 9.17) is 9.47 Å². The summed E-state index contributed by atoms with van der Waals surface area (Å²) in [5.74, 6) is -1.92. The third-order valence-corrected chi connectivity index (χ3v) is 6.09. The molecule has 1 unspecified atom stereocenters. The van der Waals surface area contributed by atoms with Crippen LogP contribution in [-0.4, -0.2) is 40.3 Å². The zero-order valence-corrected chi connectivity index (χ0v) is 21.2. The van der Waals surface area contributed by atoms with E-state index in [1.807, 2.05) is 0 Å². The summed E-state index contributed by atoms with van der Waals surface area (Å²) in [5, 5.41) is 13.6. The molecule has 0 aliphatic carbocycles. The van der Waals surface area contributed by atoms with Crippen molar-refractivity contribution in [1.29, 1.82) is 0 Å². The lowest BCUT2D eigenvalue weighted by Crippen LogP contribution is -2.40. The Bertz CT molecular complexity index is 1470. The minimum Gasteiger partial charge on any atom is -0.506 e. The fourth-order valence-electron chi connectivity index (χ4n) is 4.46. The largest absolute Gasteiger partial charge is 0.506 e. The van der Waals surface area contributed by atoms with Crippen LogP contribution in [0.3, 0.4) is 0 Å². The van der Waals surface area contributed by atoms with Gasteiger partial charge >= 0.3 is 12.1 Å². The van der Waals surface area contributed by atoms with Gasteiger partial charge in [-0.25, -0.2) is 0 Å². The van der Waals surface area contributed by atoms with Gasteiger partial charge < -0.3 is 19.9 Å². The lowest BCUT2D eigenvalue weighted by atomic mass is 9.99. The number of ether oxygens (including phenoxy) is 2. The molecule has 0 saturated heterocycles. The summed E-state index contributed by atoms with van der Waals surface area (Å²) in [4.78, 5) is 38.8. The molecule has 1 aliphatic rings.